The van der Waals surface area contributed by atoms with Crippen molar-refractivity contribution in [2.75, 3.05) is 13.1 Å². The number of aliphatic hydroxyl groups excluding tert-OH is 1. The van der Waals surface area contributed by atoms with Crippen molar-refractivity contribution >= 4 is 5.97 Å². The van der Waals surface area contributed by atoms with Crippen LogP contribution in [0.25, 0.3) is 0 Å². The number of aliphatic hydroxyl groups is 1. The van der Waals surface area contributed by atoms with Crippen LogP contribution in [0, 0.1) is 11.2 Å². The van der Waals surface area contributed by atoms with Gasteiger partial charge in [-0.3, -0.25) is 9.69 Å². The Labute approximate surface area is 145 Å². The Morgan fingerprint density at radius 1 is 1.48 bits per heavy atom. The molecule has 0 bridgehead atoms. The largest absolute Gasteiger partial charge is 0.481 e. The summed E-state index contributed by atoms with van der Waals surface area (Å²) in [5, 5.41) is 20.4. The molecule has 1 aliphatic heterocycles. The summed E-state index contributed by atoms with van der Waals surface area (Å²) in [7, 11) is 1.89. The molecule has 2 heterocycles. The predicted octanol–water partition coefficient (Wildman–Crippen LogP) is 1.44. The van der Waals surface area contributed by atoms with E-state index in [-0.39, 0.29) is 13.0 Å². The molecule has 0 amide bonds. The number of aromatic nitrogens is 2. The summed E-state index contributed by atoms with van der Waals surface area (Å²) in [5.41, 5.74) is -0.794. The highest BCUT2D eigenvalue weighted by Gasteiger charge is 2.49. The fourth-order valence-corrected chi connectivity index (χ4v) is 3.52. The number of nitrogens with zero attached hydrogens (tertiary/aromatic N) is 3. The quantitative estimate of drug-likeness (QED) is 0.856. The second kappa shape index (κ2) is 6.93. The van der Waals surface area contributed by atoms with Gasteiger partial charge in [0.1, 0.15) is 17.1 Å². The van der Waals surface area contributed by atoms with Crippen LogP contribution in [0.15, 0.2) is 36.7 Å². The van der Waals surface area contributed by atoms with E-state index in [2.05, 4.69) is 4.98 Å². The number of benzene rings is 1. The molecule has 1 aromatic heterocycles. The van der Waals surface area contributed by atoms with Crippen molar-refractivity contribution in [3.63, 3.8) is 0 Å². The van der Waals surface area contributed by atoms with Gasteiger partial charge in [0.25, 0.3) is 0 Å². The molecule has 134 valence electrons. The van der Waals surface area contributed by atoms with Crippen LogP contribution in [0.3, 0.4) is 0 Å². The normalized spacial score (nSPS) is 24.4. The smallest absolute Gasteiger partial charge is 0.313 e. The van der Waals surface area contributed by atoms with Crippen LogP contribution in [-0.4, -0.2) is 49.8 Å². The van der Waals surface area contributed by atoms with Gasteiger partial charge in [0.15, 0.2) is 0 Å². The number of halogens is 1. The minimum absolute atomic E-state index is 0.0817. The fraction of sp³-hybridized carbons (Fsp3) is 0.444. The second-order valence-corrected chi connectivity index (χ2v) is 6.74. The first-order valence-corrected chi connectivity index (χ1v) is 8.25. The van der Waals surface area contributed by atoms with Crippen LogP contribution < -0.4 is 0 Å². The van der Waals surface area contributed by atoms with Crippen LogP contribution in [0.2, 0.25) is 0 Å². The summed E-state index contributed by atoms with van der Waals surface area (Å²) in [6.07, 6.45) is 2.99. The molecule has 6 nitrogen and oxygen atoms in total. The minimum Gasteiger partial charge on any atom is -0.481 e. The number of likely N-dealkylation sites (tertiary alicyclic amines) is 1. The van der Waals surface area contributed by atoms with E-state index in [0.717, 1.165) is 5.82 Å². The summed E-state index contributed by atoms with van der Waals surface area (Å²) < 4.78 is 15.4. The standard InChI is InChI=1S/C18H22FN3O3/c1-21-8-6-20-16(21)11-22-7-5-15(23)18(12-22,17(24)25)10-13-3-2-4-14(19)9-13/h2-4,6,8-9,15,23H,5,7,10-12H2,1H3,(H,24,25)/t15-,18-/m1/s1. The van der Waals surface area contributed by atoms with Gasteiger partial charge < -0.3 is 14.8 Å². The predicted molar refractivity (Wildman–Crippen MR) is 89.3 cm³/mol. The zero-order valence-electron chi connectivity index (χ0n) is 14.1. The first-order valence-electron chi connectivity index (χ1n) is 8.25. The highest BCUT2D eigenvalue weighted by Crippen LogP contribution is 2.35. The molecule has 25 heavy (non-hydrogen) atoms. The molecular weight excluding hydrogens is 325 g/mol. The monoisotopic (exact) mass is 347 g/mol. The van der Waals surface area contributed by atoms with Crippen molar-refractivity contribution in [2.45, 2.75) is 25.5 Å². The van der Waals surface area contributed by atoms with Crippen molar-refractivity contribution < 1.29 is 19.4 Å². The third-order valence-electron chi connectivity index (χ3n) is 4.98. The molecule has 0 radical (unpaired) electrons. The molecule has 0 unspecified atom stereocenters. The van der Waals surface area contributed by atoms with Crippen LogP contribution in [0.4, 0.5) is 4.39 Å². The average molecular weight is 347 g/mol. The maximum absolute atomic E-state index is 13.5. The van der Waals surface area contributed by atoms with E-state index in [9.17, 15) is 19.4 Å². The number of carboxylic acid groups (broad SMARTS) is 1. The van der Waals surface area contributed by atoms with Crippen LogP contribution in [-0.2, 0) is 24.8 Å². The molecule has 1 aliphatic rings. The SMILES string of the molecule is Cn1ccnc1CN1CC[C@@H](O)[C@](Cc2cccc(F)c2)(C(=O)O)C1. The fourth-order valence-electron chi connectivity index (χ4n) is 3.52. The third kappa shape index (κ3) is 3.57. The van der Waals surface area contributed by atoms with Gasteiger partial charge >= 0.3 is 5.97 Å². The summed E-state index contributed by atoms with van der Waals surface area (Å²) >= 11 is 0. The average Bonchev–Trinajstić information content (AvgIpc) is 2.95. The number of hydrogen-bond acceptors (Lipinski definition) is 4. The maximum atomic E-state index is 13.5. The Kier molecular flexibility index (Phi) is 4.87. The first-order chi connectivity index (χ1) is 11.9. The lowest BCUT2D eigenvalue weighted by atomic mass is 9.73. The number of piperidine rings is 1. The molecule has 1 aromatic carbocycles. The lowest BCUT2D eigenvalue weighted by molar-refractivity contribution is -0.163. The summed E-state index contributed by atoms with van der Waals surface area (Å²) in [4.78, 5) is 18.4. The third-order valence-corrected chi connectivity index (χ3v) is 4.98. The highest BCUT2D eigenvalue weighted by atomic mass is 19.1. The summed E-state index contributed by atoms with van der Waals surface area (Å²) in [6, 6.07) is 5.90. The molecule has 0 spiro atoms. The Bertz CT molecular complexity index is 764. The number of rotatable bonds is 5. The molecule has 1 saturated heterocycles. The Hall–Kier alpha value is -2.25. The minimum atomic E-state index is -1.36. The van der Waals surface area contributed by atoms with Crippen molar-refractivity contribution in [3.05, 3.63) is 53.9 Å². The number of imidazole rings is 1. The molecular formula is C18H22FN3O3. The Morgan fingerprint density at radius 3 is 2.92 bits per heavy atom. The molecule has 3 rings (SSSR count). The topological polar surface area (TPSA) is 78.6 Å². The van der Waals surface area contributed by atoms with Crippen LogP contribution in [0.5, 0.6) is 0 Å². The Balaban J connectivity index is 1.85. The number of carbonyl (C=O) groups is 1. The lowest BCUT2D eigenvalue weighted by Crippen LogP contribution is -2.57. The van der Waals surface area contributed by atoms with Crippen LogP contribution >= 0.6 is 0 Å². The molecule has 2 N–H and O–H groups in total. The number of aliphatic carboxylic acids is 1. The van der Waals surface area contributed by atoms with E-state index < -0.39 is 23.3 Å². The van der Waals surface area contributed by atoms with Crippen molar-refractivity contribution in [1.29, 1.82) is 0 Å². The van der Waals surface area contributed by atoms with Gasteiger partial charge in [-0.1, -0.05) is 12.1 Å². The lowest BCUT2D eigenvalue weighted by Gasteiger charge is -2.43. The van der Waals surface area contributed by atoms with E-state index in [4.69, 9.17) is 0 Å². The summed E-state index contributed by atoms with van der Waals surface area (Å²) in [5.74, 6) is -0.636. The molecule has 7 heteroatoms. The van der Waals surface area contributed by atoms with Gasteiger partial charge in [-0.05, 0) is 30.5 Å². The van der Waals surface area contributed by atoms with Crippen molar-refractivity contribution in [3.8, 4) is 0 Å². The molecule has 0 saturated carbocycles. The molecule has 2 atom stereocenters. The van der Waals surface area contributed by atoms with Gasteiger partial charge in [0.2, 0.25) is 0 Å². The highest BCUT2D eigenvalue weighted by molar-refractivity contribution is 5.76. The number of carboxylic acids is 1. The van der Waals surface area contributed by atoms with Crippen LogP contribution in [0.1, 0.15) is 17.8 Å². The zero-order chi connectivity index (χ0) is 18.0. The summed E-state index contributed by atoms with van der Waals surface area (Å²) in [6.45, 7) is 1.29. The zero-order valence-corrected chi connectivity index (χ0v) is 14.1. The first kappa shape index (κ1) is 17.6. The van der Waals surface area contributed by atoms with E-state index >= 15 is 0 Å². The van der Waals surface area contributed by atoms with Gasteiger partial charge in [0, 0.05) is 32.5 Å². The number of hydrogen-bond donors (Lipinski definition) is 2. The maximum Gasteiger partial charge on any atom is 0.313 e. The van der Waals surface area contributed by atoms with E-state index in [1.807, 2.05) is 22.7 Å². The van der Waals surface area contributed by atoms with E-state index in [1.54, 1.807) is 18.3 Å². The van der Waals surface area contributed by atoms with Gasteiger partial charge in [-0.2, -0.15) is 0 Å². The Morgan fingerprint density at radius 2 is 2.28 bits per heavy atom. The van der Waals surface area contributed by atoms with Crippen molar-refractivity contribution in [1.82, 2.24) is 14.5 Å². The van der Waals surface area contributed by atoms with E-state index in [0.29, 0.717) is 25.1 Å². The van der Waals surface area contributed by atoms with Gasteiger partial charge in [0.05, 0.1) is 12.6 Å². The molecule has 2 aromatic rings. The van der Waals surface area contributed by atoms with E-state index in [1.165, 1.54) is 12.1 Å². The number of aryl methyl sites for hydroxylation is 1. The molecule has 1 fully saturated rings. The van der Waals surface area contributed by atoms with Gasteiger partial charge in [-0.25, -0.2) is 9.37 Å². The molecule has 0 aliphatic carbocycles. The van der Waals surface area contributed by atoms with Crippen molar-refractivity contribution in [2.24, 2.45) is 12.5 Å². The second-order valence-electron chi connectivity index (χ2n) is 6.74. The van der Waals surface area contributed by atoms with Gasteiger partial charge in [-0.15, -0.1) is 0 Å².